The molecule has 0 aromatic heterocycles. The van der Waals surface area contributed by atoms with Crippen molar-refractivity contribution in [1.82, 2.24) is 0 Å². The van der Waals surface area contributed by atoms with E-state index in [1.54, 1.807) is 0 Å². The van der Waals surface area contributed by atoms with Crippen LogP contribution in [0.15, 0.2) is 12.2 Å². The summed E-state index contributed by atoms with van der Waals surface area (Å²) in [6, 6.07) is 0. The Morgan fingerprint density at radius 2 is 1.50 bits per heavy atom. The molecule has 0 unspecified atom stereocenters. The summed E-state index contributed by atoms with van der Waals surface area (Å²) in [5, 5.41) is 0. The molecule has 0 amide bonds. The first-order valence-electron chi connectivity index (χ1n) is 5.30. The molecule has 0 aliphatic carbocycles. The summed E-state index contributed by atoms with van der Waals surface area (Å²) >= 11 is 0. The van der Waals surface area contributed by atoms with Gasteiger partial charge in [-0.2, -0.15) is 13.2 Å². The van der Waals surface area contributed by atoms with Crippen molar-refractivity contribution in [2.45, 2.75) is 58.0 Å². The van der Waals surface area contributed by atoms with Gasteiger partial charge in [-0.25, -0.2) is 0 Å². The first kappa shape index (κ1) is 13.5. The molecule has 0 aliphatic rings. The van der Waals surface area contributed by atoms with Crippen LogP contribution in [-0.2, 0) is 0 Å². The van der Waals surface area contributed by atoms with E-state index in [0.717, 1.165) is 19.3 Å². The van der Waals surface area contributed by atoms with Gasteiger partial charge in [0.15, 0.2) is 0 Å². The van der Waals surface area contributed by atoms with E-state index in [1.807, 2.05) is 0 Å². The minimum absolute atomic E-state index is 0.332. The van der Waals surface area contributed by atoms with Crippen LogP contribution in [0.5, 0.6) is 0 Å². The van der Waals surface area contributed by atoms with Crippen LogP contribution in [0, 0.1) is 0 Å². The van der Waals surface area contributed by atoms with E-state index >= 15 is 0 Å². The standard InChI is InChI=1S/C11H19F3/c1-2-3-4-5-6-7-8-9-10-11(12,13)14/h9-10H,2-8H2,1H3. The number of allylic oxidation sites excluding steroid dienone is 2. The molecule has 0 heterocycles. The van der Waals surface area contributed by atoms with E-state index in [0.29, 0.717) is 12.5 Å². The number of halogens is 3. The molecule has 0 radical (unpaired) electrons. The zero-order valence-corrected chi connectivity index (χ0v) is 8.74. The molecule has 0 aliphatic heterocycles. The van der Waals surface area contributed by atoms with Crippen molar-refractivity contribution in [3.63, 3.8) is 0 Å². The zero-order chi connectivity index (χ0) is 10.9. The number of hydrogen-bond acceptors (Lipinski definition) is 0. The fourth-order valence-electron chi connectivity index (χ4n) is 1.26. The second-order valence-electron chi connectivity index (χ2n) is 3.50. The van der Waals surface area contributed by atoms with Crippen LogP contribution in [0.25, 0.3) is 0 Å². The second kappa shape index (κ2) is 7.89. The molecule has 0 saturated carbocycles. The average Bonchev–Trinajstić information content (AvgIpc) is 2.08. The van der Waals surface area contributed by atoms with Crippen molar-refractivity contribution >= 4 is 0 Å². The smallest absolute Gasteiger partial charge is 0.167 e. The zero-order valence-electron chi connectivity index (χ0n) is 8.74. The van der Waals surface area contributed by atoms with Gasteiger partial charge < -0.3 is 0 Å². The lowest BCUT2D eigenvalue weighted by molar-refractivity contribution is -0.0800. The molecule has 0 bridgehead atoms. The quantitative estimate of drug-likeness (QED) is 0.414. The molecule has 0 aromatic carbocycles. The summed E-state index contributed by atoms with van der Waals surface area (Å²) in [5.41, 5.74) is 0. The fourth-order valence-corrected chi connectivity index (χ4v) is 1.26. The van der Waals surface area contributed by atoms with Gasteiger partial charge in [0.25, 0.3) is 0 Å². The van der Waals surface area contributed by atoms with Crippen LogP contribution in [0.4, 0.5) is 13.2 Å². The molecule has 0 spiro atoms. The van der Waals surface area contributed by atoms with Gasteiger partial charge in [-0.05, 0) is 12.8 Å². The van der Waals surface area contributed by atoms with E-state index in [1.165, 1.54) is 25.3 Å². The lowest BCUT2D eigenvalue weighted by atomic mass is 10.1. The van der Waals surface area contributed by atoms with Crippen molar-refractivity contribution in [3.05, 3.63) is 12.2 Å². The van der Waals surface area contributed by atoms with E-state index < -0.39 is 6.18 Å². The van der Waals surface area contributed by atoms with E-state index in [4.69, 9.17) is 0 Å². The van der Waals surface area contributed by atoms with Crippen molar-refractivity contribution in [2.24, 2.45) is 0 Å². The Kier molecular flexibility index (Phi) is 7.63. The van der Waals surface area contributed by atoms with Crippen LogP contribution >= 0.6 is 0 Å². The molecule has 0 N–H and O–H groups in total. The Labute approximate surface area is 84.2 Å². The van der Waals surface area contributed by atoms with Gasteiger partial charge in [0.05, 0.1) is 0 Å². The molecule has 0 atom stereocenters. The monoisotopic (exact) mass is 208 g/mol. The Morgan fingerprint density at radius 1 is 0.929 bits per heavy atom. The largest absolute Gasteiger partial charge is 0.409 e. The van der Waals surface area contributed by atoms with Gasteiger partial charge in [-0.3, -0.25) is 0 Å². The maximum atomic E-state index is 11.6. The van der Waals surface area contributed by atoms with E-state index in [9.17, 15) is 13.2 Å². The predicted octanol–water partition coefficient (Wildman–Crippen LogP) is 4.86. The lowest BCUT2D eigenvalue weighted by Gasteiger charge is -1.99. The normalized spacial score (nSPS) is 12.6. The minimum atomic E-state index is -4.14. The van der Waals surface area contributed by atoms with Gasteiger partial charge in [0, 0.05) is 6.08 Å². The third kappa shape index (κ3) is 11.5. The third-order valence-electron chi connectivity index (χ3n) is 2.03. The maximum absolute atomic E-state index is 11.6. The molecule has 0 nitrogen and oxygen atoms in total. The van der Waals surface area contributed by atoms with Crippen LogP contribution < -0.4 is 0 Å². The Hall–Kier alpha value is -0.470. The Bertz CT molecular complexity index is 147. The van der Waals surface area contributed by atoms with Crippen molar-refractivity contribution < 1.29 is 13.2 Å². The summed E-state index contributed by atoms with van der Waals surface area (Å²) in [6.45, 7) is 2.14. The van der Waals surface area contributed by atoms with Crippen LogP contribution in [-0.4, -0.2) is 6.18 Å². The third-order valence-corrected chi connectivity index (χ3v) is 2.03. The molecule has 0 rings (SSSR count). The topological polar surface area (TPSA) is 0 Å². The number of hydrogen-bond donors (Lipinski definition) is 0. The number of unbranched alkanes of at least 4 members (excludes halogenated alkanes) is 6. The Morgan fingerprint density at radius 3 is 2.07 bits per heavy atom. The van der Waals surface area contributed by atoms with Crippen molar-refractivity contribution in [3.8, 4) is 0 Å². The molecule has 14 heavy (non-hydrogen) atoms. The molecule has 0 aromatic rings. The summed E-state index contributed by atoms with van der Waals surface area (Å²) in [4.78, 5) is 0. The van der Waals surface area contributed by atoms with E-state index in [-0.39, 0.29) is 0 Å². The highest BCUT2D eigenvalue weighted by molar-refractivity contribution is 4.88. The highest BCUT2D eigenvalue weighted by Crippen LogP contribution is 2.17. The first-order chi connectivity index (χ1) is 6.56. The van der Waals surface area contributed by atoms with Gasteiger partial charge in [-0.1, -0.05) is 45.1 Å². The predicted molar refractivity (Wildman–Crippen MR) is 53.2 cm³/mol. The van der Waals surface area contributed by atoms with E-state index in [2.05, 4.69) is 6.92 Å². The second-order valence-corrected chi connectivity index (χ2v) is 3.50. The summed E-state index contributed by atoms with van der Waals surface area (Å²) in [5.74, 6) is 0. The lowest BCUT2D eigenvalue weighted by Crippen LogP contribution is -2.00. The molecule has 0 fully saturated rings. The van der Waals surface area contributed by atoms with Crippen LogP contribution in [0.3, 0.4) is 0 Å². The number of alkyl halides is 3. The molecule has 3 heteroatoms. The number of rotatable bonds is 7. The maximum Gasteiger partial charge on any atom is 0.409 e. The molecule has 0 saturated heterocycles. The fraction of sp³-hybridized carbons (Fsp3) is 0.818. The average molecular weight is 208 g/mol. The SMILES string of the molecule is CCCCCCCCC=CC(F)(F)F. The highest BCUT2D eigenvalue weighted by Gasteiger charge is 2.21. The van der Waals surface area contributed by atoms with Gasteiger partial charge in [0.1, 0.15) is 0 Å². The minimum Gasteiger partial charge on any atom is -0.167 e. The van der Waals surface area contributed by atoms with Crippen LogP contribution in [0.1, 0.15) is 51.9 Å². The summed E-state index contributed by atoms with van der Waals surface area (Å²) in [7, 11) is 0. The summed E-state index contributed by atoms with van der Waals surface area (Å²) < 4.78 is 34.9. The van der Waals surface area contributed by atoms with Gasteiger partial charge in [0.2, 0.25) is 0 Å². The first-order valence-corrected chi connectivity index (χ1v) is 5.30. The highest BCUT2D eigenvalue weighted by atomic mass is 19.4. The van der Waals surface area contributed by atoms with Crippen molar-refractivity contribution in [1.29, 1.82) is 0 Å². The van der Waals surface area contributed by atoms with Gasteiger partial charge >= 0.3 is 6.18 Å². The summed E-state index contributed by atoms with van der Waals surface area (Å²) in [6.07, 6.45) is 4.67. The van der Waals surface area contributed by atoms with Crippen LogP contribution in [0.2, 0.25) is 0 Å². The Balaban J connectivity index is 3.17. The molecular weight excluding hydrogens is 189 g/mol. The van der Waals surface area contributed by atoms with Crippen molar-refractivity contribution in [2.75, 3.05) is 0 Å². The van der Waals surface area contributed by atoms with Gasteiger partial charge in [-0.15, -0.1) is 0 Å². The molecule has 84 valence electrons. The molecular formula is C11H19F3.